The molecule has 138 valence electrons. The summed E-state index contributed by atoms with van der Waals surface area (Å²) in [5, 5.41) is 0. The second-order valence-electron chi connectivity index (χ2n) is 5.74. The topological polar surface area (TPSA) is 72.9 Å². The summed E-state index contributed by atoms with van der Waals surface area (Å²) in [6.07, 6.45) is 0. The van der Waals surface area contributed by atoms with Crippen molar-refractivity contribution in [2.45, 2.75) is 11.5 Å². The second kappa shape index (κ2) is 7.94. The Kier molecular flexibility index (Phi) is 5.65. The first-order valence-corrected chi connectivity index (χ1v) is 9.50. The first-order valence-electron chi connectivity index (χ1n) is 8.06. The van der Waals surface area contributed by atoms with Gasteiger partial charge in [0.2, 0.25) is 10.0 Å². The molecule has 0 N–H and O–H groups in total. The molecule has 0 atom stereocenters. The molecule has 1 heterocycles. The van der Waals surface area contributed by atoms with Gasteiger partial charge in [0.05, 0.1) is 23.7 Å². The van der Waals surface area contributed by atoms with Crippen LogP contribution < -0.4 is 0 Å². The number of hydrogen-bond acceptors (Lipinski definition) is 5. The lowest BCUT2D eigenvalue weighted by Gasteiger charge is -2.26. The van der Waals surface area contributed by atoms with Gasteiger partial charge in [0.15, 0.2) is 0 Å². The summed E-state index contributed by atoms with van der Waals surface area (Å²) < 4.78 is 49.6. The average Bonchev–Trinajstić information content (AvgIpc) is 2.68. The Balaban J connectivity index is 1.64. The van der Waals surface area contributed by atoms with Crippen molar-refractivity contribution in [3.63, 3.8) is 0 Å². The number of halogens is 1. The summed E-state index contributed by atoms with van der Waals surface area (Å²) in [6.45, 7) is 1.36. The average molecular weight is 379 g/mol. The van der Waals surface area contributed by atoms with Crippen LogP contribution in [0.2, 0.25) is 0 Å². The third-order valence-corrected chi connectivity index (χ3v) is 5.89. The minimum absolute atomic E-state index is 0.00689. The van der Waals surface area contributed by atoms with Crippen LogP contribution in [0.1, 0.15) is 15.9 Å². The van der Waals surface area contributed by atoms with Crippen molar-refractivity contribution in [2.24, 2.45) is 0 Å². The zero-order valence-electron chi connectivity index (χ0n) is 13.9. The monoisotopic (exact) mass is 379 g/mol. The van der Waals surface area contributed by atoms with E-state index in [1.165, 1.54) is 52.8 Å². The molecule has 0 radical (unpaired) electrons. The number of ether oxygens (including phenoxy) is 2. The van der Waals surface area contributed by atoms with Gasteiger partial charge in [-0.2, -0.15) is 4.31 Å². The van der Waals surface area contributed by atoms with Crippen molar-refractivity contribution >= 4 is 16.0 Å². The Labute approximate surface area is 151 Å². The maximum Gasteiger partial charge on any atom is 0.338 e. The SMILES string of the molecule is O=C(OCc1ccc(F)cc1)c1ccc(S(=O)(=O)N2CCOCC2)cc1. The van der Waals surface area contributed by atoms with Crippen molar-refractivity contribution in [1.82, 2.24) is 4.31 Å². The van der Waals surface area contributed by atoms with Gasteiger partial charge >= 0.3 is 5.97 Å². The van der Waals surface area contributed by atoms with Crippen molar-refractivity contribution in [1.29, 1.82) is 0 Å². The number of nitrogens with zero attached hydrogens (tertiary/aromatic N) is 1. The predicted octanol–water partition coefficient (Wildman–Crippen LogP) is 2.20. The van der Waals surface area contributed by atoms with E-state index in [4.69, 9.17) is 9.47 Å². The van der Waals surface area contributed by atoms with E-state index in [0.717, 1.165) is 0 Å². The molecule has 8 heteroatoms. The van der Waals surface area contributed by atoms with Gasteiger partial charge in [0, 0.05) is 13.1 Å². The molecule has 0 saturated carbocycles. The highest BCUT2D eigenvalue weighted by Crippen LogP contribution is 2.18. The zero-order valence-corrected chi connectivity index (χ0v) is 14.7. The summed E-state index contributed by atoms with van der Waals surface area (Å²) in [5.41, 5.74) is 0.902. The van der Waals surface area contributed by atoms with E-state index < -0.39 is 16.0 Å². The molecule has 1 aliphatic heterocycles. The lowest BCUT2D eigenvalue weighted by Crippen LogP contribution is -2.40. The normalized spacial score (nSPS) is 15.6. The number of rotatable bonds is 5. The van der Waals surface area contributed by atoms with Crippen LogP contribution >= 0.6 is 0 Å². The molecule has 2 aromatic rings. The van der Waals surface area contributed by atoms with Gasteiger partial charge < -0.3 is 9.47 Å². The number of morpholine rings is 1. The molecule has 2 aromatic carbocycles. The summed E-state index contributed by atoms with van der Waals surface area (Å²) in [4.78, 5) is 12.2. The number of sulfonamides is 1. The Morgan fingerprint density at radius 2 is 1.65 bits per heavy atom. The third-order valence-electron chi connectivity index (χ3n) is 3.98. The van der Waals surface area contributed by atoms with Gasteiger partial charge in [-0.3, -0.25) is 0 Å². The number of benzene rings is 2. The maximum atomic E-state index is 12.9. The Morgan fingerprint density at radius 3 is 2.27 bits per heavy atom. The molecule has 0 unspecified atom stereocenters. The summed E-state index contributed by atoms with van der Waals surface area (Å²) in [5.74, 6) is -0.943. The Bertz CT molecular complexity index is 859. The van der Waals surface area contributed by atoms with Crippen LogP contribution in [0.4, 0.5) is 4.39 Å². The number of carbonyl (C=O) groups is 1. The molecule has 6 nitrogen and oxygen atoms in total. The molecule has 1 saturated heterocycles. The molecule has 3 rings (SSSR count). The van der Waals surface area contributed by atoms with Gasteiger partial charge in [0.1, 0.15) is 12.4 Å². The maximum absolute atomic E-state index is 12.9. The highest BCUT2D eigenvalue weighted by atomic mass is 32.2. The van der Waals surface area contributed by atoms with Crippen molar-refractivity contribution in [3.05, 3.63) is 65.5 Å². The van der Waals surface area contributed by atoms with Crippen LogP contribution in [0.3, 0.4) is 0 Å². The van der Waals surface area contributed by atoms with E-state index in [1.54, 1.807) is 0 Å². The minimum atomic E-state index is -3.60. The third kappa shape index (κ3) is 4.27. The van der Waals surface area contributed by atoms with Gasteiger partial charge in [-0.1, -0.05) is 12.1 Å². The fourth-order valence-corrected chi connectivity index (χ4v) is 3.92. The van der Waals surface area contributed by atoms with Crippen LogP contribution in [-0.4, -0.2) is 45.0 Å². The molecule has 26 heavy (non-hydrogen) atoms. The number of carbonyl (C=O) groups excluding carboxylic acids is 1. The van der Waals surface area contributed by atoms with Crippen molar-refractivity contribution < 1.29 is 27.1 Å². The van der Waals surface area contributed by atoms with Gasteiger partial charge in [0.25, 0.3) is 0 Å². The van der Waals surface area contributed by atoms with Crippen molar-refractivity contribution in [2.75, 3.05) is 26.3 Å². The first kappa shape index (κ1) is 18.5. The number of esters is 1. The Morgan fingerprint density at radius 1 is 1.04 bits per heavy atom. The van der Waals surface area contributed by atoms with Crippen LogP contribution in [-0.2, 0) is 26.1 Å². The van der Waals surface area contributed by atoms with E-state index in [2.05, 4.69) is 0 Å². The highest BCUT2D eigenvalue weighted by Gasteiger charge is 2.26. The number of hydrogen-bond donors (Lipinski definition) is 0. The van der Waals surface area contributed by atoms with Crippen LogP contribution in [0.25, 0.3) is 0 Å². The molecule has 0 amide bonds. The molecule has 0 bridgehead atoms. The largest absolute Gasteiger partial charge is 0.457 e. The predicted molar refractivity (Wildman–Crippen MR) is 91.5 cm³/mol. The van der Waals surface area contributed by atoms with E-state index >= 15 is 0 Å². The van der Waals surface area contributed by atoms with E-state index in [-0.39, 0.29) is 22.9 Å². The lowest BCUT2D eigenvalue weighted by molar-refractivity contribution is 0.0472. The van der Waals surface area contributed by atoms with E-state index in [0.29, 0.717) is 31.9 Å². The standard InChI is InChI=1S/C18H18FNO5S/c19-16-5-1-14(2-6-16)13-25-18(21)15-3-7-17(8-4-15)26(22,23)20-9-11-24-12-10-20/h1-8H,9-13H2. The van der Waals surface area contributed by atoms with E-state index in [9.17, 15) is 17.6 Å². The fourth-order valence-electron chi connectivity index (χ4n) is 2.51. The summed E-state index contributed by atoms with van der Waals surface area (Å²) >= 11 is 0. The van der Waals surface area contributed by atoms with Crippen molar-refractivity contribution in [3.8, 4) is 0 Å². The molecule has 1 aliphatic rings. The minimum Gasteiger partial charge on any atom is -0.457 e. The first-order chi connectivity index (χ1) is 12.5. The van der Waals surface area contributed by atoms with Gasteiger partial charge in [-0.25, -0.2) is 17.6 Å². The Hall–Kier alpha value is -2.29. The van der Waals surface area contributed by atoms with Crippen LogP contribution in [0.5, 0.6) is 0 Å². The lowest BCUT2D eigenvalue weighted by atomic mass is 10.2. The molecule has 0 aliphatic carbocycles. The summed E-state index contributed by atoms with van der Waals surface area (Å²) in [7, 11) is -3.60. The second-order valence-corrected chi connectivity index (χ2v) is 7.68. The molecule has 0 spiro atoms. The quantitative estimate of drug-likeness (QED) is 0.745. The van der Waals surface area contributed by atoms with Crippen LogP contribution in [0, 0.1) is 5.82 Å². The molecular formula is C18H18FNO5S. The zero-order chi connectivity index (χ0) is 18.6. The summed E-state index contributed by atoms with van der Waals surface area (Å²) in [6, 6.07) is 11.2. The molecule has 0 aromatic heterocycles. The smallest absolute Gasteiger partial charge is 0.338 e. The van der Waals surface area contributed by atoms with Gasteiger partial charge in [-0.15, -0.1) is 0 Å². The van der Waals surface area contributed by atoms with Gasteiger partial charge in [-0.05, 0) is 42.0 Å². The molecule has 1 fully saturated rings. The van der Waals surface area contributed by atoms with E-state index in [1.807, 2.05) is 0 Å². The van der Waals surface area contributed by atoms with Crippen LogP contribution in [0.15, 0.2) is 53.4 Å². The highest BCUT2D eigenvalue weighted by molar-refractivity contribution is 7.89. The molecular weight excluding hydrogens is 361 g/mol. The fraction of sp³-hybridized carbons (Fsp3) is 0.278.